The van der Waals surface area contributed by atoms with E-state index in [1.165, 1.54) is 19.9 Å². The maximum absolute atomic E-state index is 14.1. The Morgan fingerprint density at radius 2 is 1.83 bits per heavy atom. The lowest BCUT2D eigenvalue weighted by Gasteiger charge is -2.21. The predicted octanol–water partition coefficient (Wildman–Crippen LogP) is 3.62. The fourth-order valence-corrected chi connectivity index (χ4v) is 2.85. The summed E-state index contributed by atoms with van der Waals surface area (Å²) in [5, 5.41) is 2.66. The molecule has 1 fully saturated rings. The van der Waals surface area contributed by atoms with Crippen LogP contribution in [0.4, 0.5) is 17.6 Å². The molecule has 0 aromatic heterocycles. The van der Waals surface area contributed by atoms with Crippen LogP contribution < -0.4 is 5.32 Å². The van der Waals surface area contributed by atoms with Crippen molar-refractivity contribution in [2.75, 3.05) is 13.6 Å². The molecular formula is C17H22F4N2O. The molecule has 1 unspecified atom stereocenters. The number of benzene rings is 1. The monoisotopic (exact) mass is 346 g/mol. The molecule has 0 spiro atoms. The number of carbonyl (C=O) groups is 1. The highest BCUT2D eigenvalue weighted by Gasteiger charge is 2.33. The number of carbonyl (C=O) groups excluding carboxylic acids is 1. The molecule has 1 amide bonds. The molecule has 1 aromatic carbocycles. The van der Waals surface area contributed by atoms with E-state index in [-0.39, 0.29) is 29.6 Å². The average Bonchev–Trinajstić information content (AvgIpc) is 2.89. The van der Waals surface area contributed by atoms with Crippen molar-refractivity contribution in [1.82, 2.24) is 10.2 Å². The van der Waals surface area contributed by atoms with E-state index in [0.717, 1.165) is 31.5 Å². The van der Waals surface area contributed by atoms with Gasteiger partial charge in [0, 0.05) is 6.54 Å². The summed E-state index contributed by atoms with van der Waals surface area (Å²) in [6.07, 6.45) is -2.92. The van der Waals surface area contributed by atoms with Gasteiger partial charge < -0.3 is 5.32 Å². The summed E-state index contributed by atoms with van der Waals surface area (Å²) < 4.78 is 53.1. The highest BCUT2D eigenvalue weighted by Crippen LogP contribution is 2.34. The van der Waals surface area contributed by atoms with E-state index in [1.807, 2.05) is 11.9 Å². The molecule has 0 saturated carbocycles. The maximum Gasteiger partial charge on any atom is 0.416 e. The first-order valence-electron chi connectivity index (χ1n) is 7.87. The summed E-state index contributed by atoms with van der Waals surface area (Å²) in [5.74, 6) is -0.214. The second kappa shape index (κ2) is 6.70. The molecular weight excluding hydrogens is 324 g/mol. The van der Waals surface area contributed by atoms with Crippen LogP contribution in [-0.2, 0) is 23.2 Å². The molecule has 134 valence electrons. The molecule has 1 N–H and O–H groups in total. The van der Waals surface area contributed by atoms with Gasteiger partial charge in [0.15, 0.2) is 0 Å². The second-order valence-corrected chi connectivity index (χ2v) is 6.75. The SMILES string of the molecule is CN1CCCC1C(=O)NCc1cc(C(C)(C)F)cc(C(F)(F)F)c1. The van der Waals surface area contributed by atoms with Crippen molar-refractivity contribution in [3.8, 4) is 0 Å². The van der Waals surface area contributed by atoms with Gasteiger partial charge in [-0.25, -0.2) is 4.39 Å². The van der Waals surface area contributed by atoms with Gasteiger partial charge >= 0.3 is 6.18 Å². The molecule has 1 aromatic rings. The third-order valence-electron chi connectivity index (χ3n) is 4.30. The summed E-state index contributed by atoms with van der Waals surface area (Å²) in [6, 6.07) is 2.88. The Morgan fingerprint density at radius 3 is 2.33 bits per heavy atom. The molecule has 0 aliphatic carbocycles. The van der Waals surface area contributed by atoms with Crippen molar-refractivity contribution in [2.24, 2.45) is 0 Å². The first-order chi connectivity index (χ1) is 11.0. The minimum Gasteiger partial charge on any atom is -0.351 e. The topological polar surface area (TPSA) is 32.3 Å². The Kier molecular flexibility index (Phi) is 5.22. The summed E-state index contributed by atoms with van der Waals surface area (Å²) in [7, 11) is 1.84. The first-order valence-corrected chi connectivity index (χ1v) is 7.87. The van der Waals surface area contributed by atoms with E-state index in [4.69, 9.17) is 0 Å². The van der Waals surface area contributed by atoms with Crippen LogP contribution in [0.25, 0.3) is 0 Å². The zero-order valence-corrected chi connectivity index (χ0v) is 14.0. The van der Waals surface area contributed by atoms with Gasteiger partial charge in [0.2, 0.25) is 5.91 Å². The van der Waals surface area contributed by atoms with Gasteiger partial charge in [0.05, 0.1) is 11.6 Å². The zero-order valence-electron chi connectivity index (χ0n) is 14.0. The number of likely N-dealkylation sites (tertiary alicyclic amines) is 1. The average molecular weight is 346 g/mol. The van der Waals surface area contributed by atoms with E-state index < -0.39 is 17.4 Å². The van der Waals surface area contributed by atoms with Gasteiger partial charge in [-0.05, 0) is 63.5 Å². The van der Waals surface area contributed by atoms with E-state index in [0.29, 0.717) is 0 Å². The Hall–Kier alpha value is -1.63. The number of alkyl halides is 4. The van der Waals surface area contributed by atoms with Crippen molar-refractivity contribution in [3.63, 3.8) is 0 Å². The van der Waals surface area contributed by atoms with Gasteiger partial charge in [-0.1, -0.05) is 6.07 Å². The smallest absolute Gasteiger partial charge is 0.351 e. The van der Waals surface area contributed by atoms with Crippen LogP contribution in [0.5, 0.6) is 0 Å². The van der Waals surface area contributed by atoms with Crippen LogP contribution in [0.2, 0.25) is 0 Å². The number of nitrogens with one attached hydrogen (secondary N) is 1. The van der Waals surface area contributed by atoms with Crippen LogP contribution in [0.15, 0.2) is 18.2 Å². The molecule has 1 aliphatic heterocycles. The van der Waals surface area contributed by atoms with Crippen molar-refractivity contribution in [3.05, 3.63) is 34.9 Å². The fraction of sp³-hybridized carbons (Fsp3) is 0.588. The van der Waals surface area contributed by atoms with Crippen molar-refractivity contribution in [2.45, 2.75) is 51.1 Å². The Balaban J connectivity index is 2.18. The number of nitrogens with zero attached hydrogens (tertiary/aromatic N) is 1. The molecule has 3 nitrogen and oxygen atoms in total. The van der Waals surface area contributed by atoms with E-state index in [9.17, 15) is 22.4 Å². The predicted molar refractivity (Wildman–Crippen MR) is 83.1 cm³/mol. The summed E-state index contributed by atoms with van der Waals surface area (Å²) >= 11 is 0. The first kappa shape index (κ1) is 18.7. The quantitative estimate of drug-likeness (QED) is 0.845. The van der Waals surface area contributed by atoms with Crippen LogP contribution in [-0.4, -0.2) is 30.4 Å². The largest absolute Gasteiger partial charge is 0.416 e. The van der Waals surface area contributed by atoms with Crippen LogP contribution in [0, 0.1) is 0 Å². The van der Waals surface area contributed by atoms with Crippen molar-refractivity contribution in [1.29, 1.82) is 0 Å². The van der Waals surface area contributed by atoms with Crippen LogP contribution in [0.1, 0.15) is 43.4 Å². The van der Waals surface area contributed by atoms with Crippen LogP contribution >= 0.6 is 0 Å². The highest BCUT2D eigenvalue weighted by molar-refractivity contribution is 5.82. The molecule has 2 rings (SSSR count). The number of halogens is 4. The molecule has 1 saturated heterocycles. The zero-order chi connectivity index (χ0) is 18.1. The molecule has 0 radical (unpaired) electrons. The minimum absolute atomic E-state index is 0.0560. The van der Waals surface area contributed by atoms with Crippen molar-refractivity contribution < 1.29 is 22.4 Å². The van der Waals surface area contributed by atoms with Gasteiger partial charge in [-0.2, -0.15) is 13.2 Å². The lowest BCUT2D eigenvalue weighted by molar-refractivity contribution is -0.137. The molecule has 7 heteroatoms. The lowest BCUT2D eigenvalue weighted by atomic mass is 9.95. The number of likely N-dealkylation sites (N-methyl/N-ethyl adjacent to an activating group) is 1. The molecule has 0 bridgehead atoms. The minimum atomic E-state index is -4.56. The summed E-state index contributed by atoms with van der Waals surface area (Å²) in [4.78, 5) is 14.1. The molecule has 1 atom stereocenters. The van der Waals surface area contributed by atoms with Crippen LogP contribution in [0.3, 0.4) is 0 Å². The van der Waals surface area contributed by atoms with E-state index >= 15 is 0 Å². The number of hydrogen-bond donors (Lipinski definition) is 1. The van der Waals surface area contributed by atoms with Gasteiger partial charge in [0.1, 0.15) is 5.67 Å². The standard InChI is InChI=1S/C17H22F4N2O/c1-16(2,18)12-7-11(8-13(9-12)17(19,20)21)10-22-15(24)14-5-4-6-23(14)3/h7-9,14H,4-6,10H2,1-3H3,(H,22,24). The van der Waals surface area contributed by atoms with Gasteiger partial charge in [0.25, 0.3) is 0 Å². The summed E-state index contributed by atoms with van der Waals surface area (Å²) in [6.45, 7) is 3.18. The van der Waals surface area contributed by atoms with Gasteiger partial charge in [-0.15, -0.1) is 0 Å². The molecule has 24 heavy (non-hydrogen) atoms. The third kappa shape index (κ3) is 4.47. The highest BCUT2D eigenvalue weighted by atomic mass is 19.4. The third-order valence-corrected chi connectivity index (χ3v) is 4.30. The van der Waals surface area contributed by atoms with Gasteiger partial charge in [-0.3, -0.25) is 9.69 Å². The van der Waals surface area contributed by atoms with E-state index in [2.05, 4.69) is 5.32 Å². The van der Waals surface area contributed by atoms with E-state index in [1.54, 1.807) is 0 Å². The Morgan fingerprint density at radius 1 is 1.21 bits per heavy atom. The summed E-state index contributed by atoms with van der Waals surface area (Å²) in [5.41, 5.74) is -2.63. The molecule has 1 heterocycles. The Bertz CT molecular complexity index is 575. The number of rotatable bonds is 4. The second-order valence-electron chi connectivity index (χ2n) is 6.75. The van der Waals surface area contributed by atoms with Crippen molar-refractivity contribution >= 4 is 5.91 Å². The maximum atomic E-state index is 14.1. The lowest BCUT2D eigenvalue weighted by Crippen LogP contribution is -2.41. The Labute approximate surface area is 139 Å². The normalized spacial score (nSPS) is 19.5. The molecule has 1 aliphatic rings. The number of hydrogen-bond acceptors (Lipinski definition) is 2. The fourth-order valence-electron chi connectivity index (χ4n) is 2.85. The number of amides is 1.